The van der Waals surface area contributed by atoms with Crippen molar-refractivity contribution in [1.29, 1.82) is 0 Å². The molecule has 1 unspecified atom stereocenters. The number of carbonyl (C=O) groups is 2. The van der Waals surface area contributed by atoms with Crippen LogP contribution in [0, 0.1) is 5.92 Å². The van der Waals surface area contributed by atoms with Gasteiger partial charge in [0.15, 0.2) is 0 Å². The molecule has 1 heterocycles. The van der Waals surface area contributed by atoms with Crippen LogP contribution in [0.25, 0.3) is 0 Å². The molecule has 136 valence electrons. The largest absolute Gasteiger partial charge is 0.462 e. The van der Waals surface area contributed by atoms with E-state index in [1.165, 1.54) is 31.6 Å². The summed E-state index contributed by atoms with van der Waals surface area (Å²) in [6, 6.07) is -1.15. The van der Waals surface area contributed by atoms with Crippen molar-refractivity contribution in [2.75, 3.05) is 6.61 Å². The Bertz CT molecular complexity index is 616. The molecule has 0 radical (unpaired) electrons. The minimum atomic E-state index is -0.731. The zero-order valence-corrected chi connectivity index (χ0v) is 14.5. The molecule has 25 heavy (non-hydrogen) atoms. The Balaban J connectivity index is 2.18. The second-order valence-corrected chi connectivity index (χ2v) is 6.35. The van der Waals surface area contributed by atoms with Gasteiger partial charge in [-0.25, -0.2) is 9.59 Å². The normalized spacial score (nSPS) is 22.5. The van der Waals surface area contributed by atoms with Crippen LogP contribution in [0.2, 0.25) is 0 Å². The van der Waals surface area contributed by atoms with Crippen LogP contribution in [0.1, 0.15) is 39.0 Å². The van der Waals surface area contributed by atoms with Gasteiger partial charge in [0, 0.05) is 11.3 Å². The van der Waals surface area contributed by atoms with E-state index in [1.807, 2.05) is 5.16 Å². The highest BCUT2D eigenvalue weighted by Crippen LogP contribution is 2.25. The Morgan fingerprint density at radius 1 is 1.40 bits per heavy atom. The third-order valence-electron chi connectivity index (χ3n) is 4.54. The van der Waals surface area contributed by atoms with Gasteiger partial charge < -0.3 is 15.4 Å². The molecule has 1 atom stereocenters. The molecule has 0 aromatic carbocycles. The summed E-state index contributed by atoms with van der Waals surface area (Å²) in [5, 5.41) is 16.2. The molecule has 0 saturated heterocycles. The first-order valence-electron chi connectivity index (χ1n) is 8.57. The third kappa shape index (κ3) is 4.95. The second kappa shape index (κ2) is 9.05. The quantitative estimate of drug-likeness (QED) is 0.187. The Kier molecular flexibility index (Phi) is 6.80. The molecule has 2 amide bonds. The van der Waals surface area contributed by atoms with Gasteiger partial charge in [-0.15, -0.1) is 0 Å². The van der Waals surface area contributed by atoms with Gasteiger partial charge >= 0.3 is 12.0 Å². The molecule has 1 aliphatic heterocycles. The van der Waals surface area contributed by atoms with Crippen LogP contribution in [0.15, 0.2) is 35.6 Å². The molecule has 2 rings (SSSR count). The fourth-order valence-electron chi connectivity index (χ4n) is 3.28. The van der Waals surface area contributed by atoms with Crippen molar-refractivity contribution >= 4 is 18.2 Å². The van der Waals surface area contributed by atoms with Crippen molar-refractivity contribution in [3.05, 3.63) is 35.6 Å². The number of urea groups is 1. The maximum atomic E-state index is 12.7. The molecule has 7 nitrogen and oxygen atoms in total. The minimum Gasteiger partial charge on any atom is -0.462 e. The Morgan fingerprint density at radius 3 is 2.76 bits per heavy atom. The molecule has 0 bridgehead atoms. The van der Waals surface area contributed by atoms with E-state index in [2.05, 4.69) is 17.2 Å². The predicted molar refractivity (Wildman–Crippen MR) is 92.8 cm³/mol. The highest BCUT2D eigenvalue weighted by Gasteiger charge is 2.34. The molecule has 1 saturated carbocycles. The number of esters is 1. The van der Waals surface area contributed by atoms with Gasteiger partial charge in [0.2, 0.25) is 6.21 Å². The first-order valence-corrected chi connectivity index (χ1v) is 8.57. The lowest BCUT2D eigenvalue weighted by Gasteiger charge is -2.28. The maximum Gasteiger partial charge on any atom is 0.338 e. The zero-order chi connectivity index (χ0) is 18.2. The SMILES string of the molecule is C=C/C=C(\C=[NH+]\O)C1NC(=O)NC(C)=C1C(=O)OCC1CCCCC1. The molecule has 7 heteroatoms. The number of hydrogen-bond donors (Lipinski definition) is 4. The molecule has 0 spiro atoms. The third-order valence-corrected chi connectivity index (χ3v) is 4.54. The Hall–Kier alpha value is -2.57. The highest BCUT2D eigenvalue weighted by atomic mass is 16.5. The molecule has 4 N–H and O–H groups in total. The van der Waals surface area contributed by atoms with Gasteiger partial charge in [0.05, 0.1) is 18.2 Å². The van der Waals surface area contributed by atoms with Crippen LogP contribution < -0.4 is 15.8 Å². The number of nitrogens with one attached hydrogen (secondary N) is 3. The van der Waals surface area contributed by atoms with E-state index in [9.17, 15) is 9.59 Å². The van der Waals surface area contributed by atoms with Crippen molar-refractivity contribution in [3.8, 4) is 0 Å². The van der Waals surface area contributed by atoms with Gasteiger partial charge in [0.1, 0.15) is 0 Å². The smallest absolute Gasteiger partial charge is 0.338 e. The van der Waals surface area contributed by atoms with Crippen molar-refractivity contribution in [2.24, 2.45) is 5.92 Å². The topological polar surface area (TPSA) is 102 Å². The van der Waals surface area contributed by atoms with E-state index in [1.54, 1.807) is 13.0 Å². The van der Waals surface area contributed by atoms with Crippen LogP contribution in [0.5, 0.6) is 0 Å². The summed E-state index contributed by atoms with van der Waals surface area (Å²) in [7, 11) is 0. The fourth-order valence-corrected chi connectivity index (χ4v) is 3.28. The molecule has 1 aliphatic carbocycles. The first-order chi connectivity index (χ1) is 12.1. The van der Waals surface area contributed by atoms with E-state index in [0.29, 0.717) is 29.4 Å². The molecule has 2 aliphatic rings. The monoisotopic (exact) mass is 348 g/mol. The Morgan fingerprint density at radius 2 is 2.12 bits per heavy atom. The van der Waals surface area contributed by atoms with Crippen LogP contribution >= 0.6 is 0 Å². The molecular formula is C18H26N3O4+. The summed E-state index contributed by atoms with van der Waals surface area (Å²) >= 11 is 0. The van der Waals surface area contributed by atoms with Gasteiger partial charge in [0.25, 0.3) is 0 Å². The van der Waals surface area contributed by atoms with Gasteiger partial charge in [-0.2, -0.15) is 0 Å². The van der Waals surface area contributed by atoms with E-state index in [0.717, 1.165) is 12.8 Å². The lowest BCUT2D eigenvalue weighted by atomic mass is 9.90. The van der Waals surface area contributed by atoms with Crippen LogP contribution in [0.4, 0.5) is 4.79 Å². The van der Waals surface area contributed by atoms with E-state index < -0.39 is 18.0 Å². The summed E-state index contributed by atoms with van der Waals surface area (Å²) in [5.41, 5.74) is 1.23. The number of rotatable bonds is 6. The summed E-state index contributed by atoms with van der Waals surface area (Å²) in [6.07, 6.45) is 10.1. The molecule has 0 aromatic rings. The van der Waals surface area contributed by atoms with Gasteiger partial charge in [-0.05, 0) is 30.8 Å². The van der Waals surface area contributed by atoms with Gasteiger partial charge in [-0.3, -0.25) is 5.21 Å². The van der Waals surface area contributed by atoms with E-state index in [4.69, 9.17) is 9.94 Å². The van der Waals surface area contributed by atoms with Crippen molar-refractivity contribution < 1.29 is 24.7 Å². The first kappa shape index (κ1) is 18.8. The summed E-state index contributed by atoms with van der Waals surface area (Å²) in [5.74, 6) is -0.0704. The Labute approximate surface area is 147 Å². The fraction of sp³-hybridized carbons (Fsp3) is 0.500. The number of amides is 2. The number of carbonyl (C=O) groups excluding carboxylic acids is 2. The number of ether oxygens (including phenoxy) is 1. The number of allylic oxidation sites excluding steroid dienone is 3. The maximum absolute atomic E-state index is 12.7. The average molecular weight is 348 g/mol. The molecule has 0 aromatic heterocycles. The molecule has 1 fully saturated rings. The van der Waals surface area contributed by atoms with Crippen molar-refractivity contribution in [3.63, 3.8) is 0 Å². The summed E-state index contributed by atoms with van der Waals surface area (Å²) < 4.78 is 5.53. The van der Waals surface area contributed by atoms with E-state index >= 15 is 0 Å². The van der Waals surface area contributed by atoms with Crippen LogP contribution in [-0.2, 0) is 9.53 Å². The predicted octanol–water partition coefficient (Wildman–Crippen LogP) is 0.718. The zero-order valence-electron chi connectivity index (χ0n) is 14.5. The van der Waals surface area contributed by atoms with Crippen LogP contribution in [-0.4, -0.2) is 36.1 Å². The lowest BCUT2D eigenvalue weighted by Crippen LogP contribution is -2.65. The summed E-state index contributed by atoms with van der Waals surface area (Å²) in [6.45, 7) is 5.66. The molecular weight excluding hydrogens is 322 g/mol. The number of hydrogen-bond acceptors (Lipinski definition) is 4. The van der Waals surface area contributed by atoms with E-state index in [-0.39, 0.29) is 0 Å². The standard InChI is InChI=1S/C18H25N3O4/c1-3-7-14(10-19-24)16-15(12(2)20-18(23)21-16)17(22)25-11-13-8-5-4-6-9-13/h3,7,10,13,16,24H,1,4-6,8-9,11H2,2H3,(H2,20,21,23)/p+1/b14-7+,19-10+. The summed E-state index contributed by atoms with van der Waals surface area (Å²) in [4.78, 5) is 24.5. The van der Waals surface area contributed by atoms with Crippen molar-refractivity contribution in [1.82, 2.24) is 10.6 Å². The average Bonchev–Trinajstić information content (AvgIpc) is 2.60. The lowest BCUT2D eigenvalue weighted by molar-refractivity contribution is -0.733. The highest BCUT2D eigenvalue weighted by molar-refractivity contribution is 5.98. The second-order valence-electron chi connectivity index (χ2n) is 6.35. The van der Waals surface area contributed by atoms with Gasteiger partial charge in [-0.1, -0.05) is 38.0 Å². The minimum absolute atomic E-state index is 0.315. The van der Waals surface area contributed by atoms with Crippen LogP contribution in [0.3, 0.4) is 0 Å². The van der Waals surface area contributed by atoms with Crippen molar-refractivity contribution in [2.45, 2.75) is 45.1 Å².